The monoisotopic (exact) mass is 235 g/mol. The van der Waals surface area contributed by atoms with Crippen LogP contribution in [0.4, 0.5) is 0 Å². The largest absolute Gasteiger partial charge is 0.466 e. The minimum atomic E-state index is -0.443. The predicted octanol–water partition coefficient (Wildman–Crippen LogP) is 2.88. The van der Waals surface area contributed by atoms with Gasteiger partial charge in [0.1, 0.15) is 0 Å². The molecule has 0 aliphatic carbocycles. The molecule has 1 rings (SSSR count). The highest BCUT2D eigenvalue weighted by Crippen LogP contribution is 2.25. The van der Waals surface area contributed by atoms with Gasteiger partial charge in [-0.1, -0.05) is 35.5 Å². The maximum atomic E-state index is 11.5. The Morgan fingerprint density at radius 1 is 1.35 bits per heavy atom. The second-order valence-corrected chi connectivity index (χ2v) is 3.87. The van der Waals surface area contributed by atoms with Gasteiger partial charge in [-0.05, 0) is 19.4 Å². The van der Waals surface area contributed by atoms with Crippen LogP contribution in [0, 0.1) is 4.91 Å². The third-order valence-corrected chi connectivity index (χ3v) is 2.67. The van der Waals surface area contributed by atoms with E-state index in [1.54, 1.807) is 13.8 Å². The number of carbonyl (C=O) groups is 1. The molecule has 4 heteroatoms. The third-order valence-electron chi connectivity index (χ3n) is 2.67. The molecule has 0 bridgehead atoms. The van der Waals surface area contributed by atoms with Gasteiger partial charge in [0.25, 0.3) is 0 Å². The highest BCUT2D eigenvalue weighted by Gasteiger charge is 2.23. The van der Waals surface area contributed by atoms with Gasteiger partial charge in [0, 0.05) is 5.92 Å². The number of ether oxygens (including phenoxy) is 1. The molecule has 17 heavy (non-hydrogen) atoms. The number of benzene rings is 1. The van der Waals surface area contributed by atoms with E-state index in [1.165, 1.54) is 0 Å². The van der Waals surface area contributed by atoms with Crippen molar-refractivity contribution >= 4 is 5.97 Å². The van der Waals surface area contributed by atoms with E-state index in [-0.39, 0.29) is 18.3 Å². The molecule has 2 unspecified atom stereocenters. The predicted molar refractivity (Wildman–Crippen MR) is 65.7 cm³/mol. The lowest BCUT2D eigenvalue weighted by molar-refractivity contribution is -0.143. The van der Waals surface area contributed by atoms with Gasteiger partial charge in [0.05, 0.1) is 19.1 Å². The molecule has 0 heterocycles. The first kappa shape index (κ1) is 13.4. The SMILES string of the molecule is CCOC(=O)CC(c1ccccc1)C(C)N=O. The number of hydrogen-bond donors (Lipinski definition) is 0. The summed E-state index contributed by atoms with van der Waals surface area (Å²) >= 11 is 0. The summed E-state index contributed by atoms with van der Waals surface area (Å²) in [4.78, 5) is 22.1. The van der Waals surface area contributed by atoms with Gasteiger partial charge >= 0.3 is 5.97 Å². The molecule has 0 aromatic heterocycles. The first-order valence-corrected chi connectivity index (χ1v) is 5.72. The zero-order valence-electron chi connectivity index (χ0n) is 10.1. The minimum Gasteiger partial charge on any atom is -0.466 e. The molecule has 0 spiro atoms. The number of rotatable bonds is 6. The van der Waals surface area contributed by atoms with Crippen molar-refractivity contribution in [2.75, 3.05) is 6.61 Å². The molecule has 0 saturated heterocycles. The molecule has 92 valence electrons. The van der Waals surface area contributed by atoms with Crippen LogP contribution in [0.25, 0.3) is 0 Å². The van der Waals surface area contributed by atoms with E-state index < -0.39 is 6.04 Å². The van der Waals surface area contributed by atoms with E-state index in [2.05, 4.69) is 5.18 Å². The highest BCUT2D eigenvalue weighted by atomic mass is 16.5. The minimum absolute atomic E-state index is 0.185. The number of carbonyl (C=O) groups excluding carboxylic acids is 1. The van der Waals surface area contributed by atoms with Gasteiger partial charge in [0.15, 0.2) is 0 Å². The van der Waals surface area contributed by atoms with Crippen LogP contribution < -0.4 is 0 Å². The maximum absolute atomic E-state index is 11.5. The fourth-order valence-corrected chi connectivity index (χ4v) is 1.74. The fraction of sp³-hybridized carbons (Fsp3) is 0.462. The van der Waals surface area contributed by atoms with Crippen LogP contribution in [-0.4, -0.2) is 18.6 Å². The summed E-state index contributed by atoms with van der Waals surface area (Å²) in [6.07, 6.45) is 0.185. The molecule has 0 N–H and O–H groups in total. The Morgan fingerprint density at radius 3 is 2.53 bits per heavy atom. The summed E-state index contributed by atoms with van der Waals surface area (Å²) < 4.78 is 4.91. The van der Waals surface area contributed by atoms with Crippen LogP contribution in [-0.2, 0) is 9.53 Å². The van der Waals surface area contributed by atoms with Crippen LogP contribution in [0.5, 0.6) is 0 Å². The Balaban J connectivity index is 2.81. The van der Waals surface area contributed by atoms with E-state index in [1.807, 2.05) is 30.3 Å². The zero-order valence-corrected chi connectivity index (χ0v) is 10.1. The molecule has 1 aromatic rings. The van der Waals surface area contributed by atoms with E-state index in [9.17, 15) is 9.70 Å². The Morgan fingerprint density at radius 2 is 2.00 bits per heavy atom. The number of nitroso groups, excluding NO2 is 1. The standard InChI is InChI=1S/C13H17NO3/c1-3-17-13(15)9-12(10(2)14-16)11-7-5-4-6-8-11/h4-8,10,12H,3,9H2,1-2H3. The lowest BCUT2D eigenvalue weighted by atomic mass is 9.90. The molecular formula is C13H17NO3. The number of esters is 1. The molecule has 4 nitrogen and oxygen atoms in total. The number of nitrogens with zero attached hydrogens (tertiary/aromatic N) is 1. The van der Waals surface area contributed by atoms with Crippen molar-refractivity contribution in [2.24, 2.45) is 5.18 Å². The Hall–Kier alpha value is -1.71. The van der Waals surface area contributed by atoms with E-state index in [0.29, 0.717) is 6.61 Å². The average Bonchev–Trinajstić information content (AvgIpc) is 2.36. The van der Waals surface area contributed by atoms with Crippen LogP contribution in [0.15, 0.2) is 35.5 Å². The van der Waals surface area contributed by atoms with Crippen molar-refractivity contribution in [2.45, 2.75) is 32.2 Å². The molecule has 0 amide bonds. The molecular weight excluding hydrogens is 218 g/mol. The summed E-state index contributed by atoms with van der Waals surface area (Å²) in [5.74, 6) is -0.510. The summed E-state index contributed by atoms with van der Waals surface area (Å²) in [7, 11) is 0. The maximum Gasteiger partial charge on any atom is 0.306 e. The van der Waals surface area contributed by atoms with Crippen molar-refractivity contribution in [1.82, 2.24) is 0 Å². The normalized spacial score (nSPS) is 13.8. The van der Waals surface area contributed by atoms with Crippen LogP contribution in [0.3, 0.4) is 0 Å². The van der Waals surface area contributed by atoms with Crippen molar-refractivity contribution in [3.63, 3.8) is 0 Å². The first-order valence-electron chi connectivity index (χ1n) is 5.72. The van der Waals surface area contributed by atoms with Gasteiger partial charge in [-0.3, -0.25) is 4.79 Å². The quantitative estimate of drug-likeness (QED) is 0.562. The van der Waals surface area contributed by atoms with Crippen LogP contribution >= 0.6 is 0 Å². The lowest BCUT2D eigenvalue weighted by Gasteiger charge is -2.18. The van der Waals surface area contributed by atoms with Gasteiger partial charge < -0.3 is 4.74 Å². The smallest absolute Gasteiger partial charge is 0.306 e. The fourth-order valence-electron chi connectivity index (χ4n) is 1.74. The molecule has 0 aliphatic rings. The van der Waals surface area contributed by atoms with Gasteiger partial charge in [-0.15, -0.1) is 0 Å². The first-order chi connectivity index (χ1) is 8.19. The molecule has 1 aromatic carbocycles. The topological polar surface area (TPSA) is 55.7 Å². The lowest BCUT2D eigenvalue weighted by Crippen LogP contribution is -2.18. The van der Waals surface area contributed by atoms with E-state index in [0.717, 1.165) is 5.56 Å². The summed E-state index contributed by atoms with van der Waals surface area (Å²) in [5, 5.41) is 3.02. The Kier molecular flexibility index (Phi) is 5.33. The summed E-state index contributed by atoms with van der Waals surface area (Å²) in [5.41, 5.74) is 0.938. The molecule has 0 saturated carbocycles. The molecule has 2 atom stereocenters. The third kappa shape index (κ3) is 3.98. The van der Waals surface area contributed by atoms with Crippen molar-refractivity contribution < 1.29 is 9.53 Å². The average molecular weight is 235 g/mol. The van der Waals surface area contributed by atoms with Crippen molar-refractivity contribution in [1.29, 1.82) is 0 Å². The van der Waals surface area contributed by atoms with Crippen molar-refractivity contribution in [3.8, 4) is 0 Å². The highest BCUT2D eigenvalue weighted by molar-refractivity contribution is 5.70. The number of hydrogen-bond acceptors (Lipinski definition) is 4. The van der Waals surface area contributed by atoms with E-state index in [4.69, 9.17) is 4.74 Å². The summed E-state index contributed by atoms with van der Waals surface area (Å²) in [6.45, 7) is 3.82. The van der Waals surface area contributed by atoms with Crippen LogP contribution in [0.1, 0.15) is 31.7 Å². The van der Waals surface area contributed by atoms with Crippen LogP contribution in [0.2, 0.25) is 0 Å². The molecule has 0 radical (unpaired) electrons. The molecule has 0 fully saturated rings. The van der Waals surface area contributed by atoms with E-state index >= 15 is 0 Å². The molecule has 0 aliphatic heterocycles. The Bertz CT molecular complexity index is 364. The van der Waals surface area contributed by atoms with Gasteiger partial charge in [-0.2, -0.15) is 4.91 Å². The second kappa shape index (κ2) is 6.78. The van der Waals surface area contributed by atoms with Crippen molar-refractivity contribution in [3.05, 3.63) is 40.8 Å². The van der Waals surface area contributed by atoms with Gasteiger partial charge in [-0.25, -0.2) is 0 Å². The zero-order chi connectivity index (χ0) is 12.7. The van der Waals surface area contributed by atoms with Gasteiger partial charge in [0.2, 0.25) is 0 Å². The second-order valence-electron chi connectivity index (χ2n) is 3.87. The summed E-state index contributed by atoms with van der Waals surface area (Å²) in [6, 6.07) is 9.00. The Labute approximate surface area is 101 Å².